The Balaban J connectivity index is 0.000000771. The summed E-state index contributed by atoms with van der Waals surface area (Å²) in [5.74, 6) is 0. The molecule has 0 aliphatic carbocycles. The Hall–Kier alpha value is -1.85. The van der Waals surface area contributed by atoms with Gasteiger partial charge in [0.25, 0.3) is 0 Å². The van der Waals surface area contributed by atoms with Crippen LogP contribution in [0.3, 0.4) is 0 Å². The van der Waals surface area contributed by atoms with E-state index < -0.39 is 11.9 Å². The highest BCUT2D eigenvalue weighted by Crippen LogP contribution is 2.29. The summed E-state index contributed by atoms with van der Waals surface area (Å²) in [4.78, 5) is 3.83. The van der Waals surface area contributed by atoms with Gasteiger partial charge in [0.2, 0.25) is 0 Å². The van der Waals surface area contributed by atoms with Gasteiger partial charge in [-0.3, -0.25) is 4.98 Å². The summed E-state index contributed by atoms with van der Waals surface area (Å²) >= 11 is 0. The molecular formula is C12H14F3N3. The first kappa shape index (κ1) is 14.2. The van der Waals surface area contributed by atoms with Crippen LogP contribution in [0, 0.1) is 6.92 Å². The predicted molar refractivity (Wildman–Crippen MR) is 62.4 cm³/mol. The lowest BCUT2D eigenvalue weighted by molar-refractivity contribution is -0.141. The minimum Gasteiger partial charge on any atom is -0.262 e. The fraction of sp³-hybridized carbons (Fsp3) is 0.333. The fourth-order valence-electron chi connectivity index (χ4n) is 1.35. The minimum absolute atomic E-state index is 0.417. The summed E-state index contributed by atoms with van der Waals surface area (Å²) in [7, 11) is 0. The summed E-state index contributed by atoms with van der Waals surface area (Å²) in [6.07, 6.45) is -1.41. The van der Waals surface area contributed by atoms with Gasteiger partial charge in [-0.2, -0.15) is 18.3 Å². The molecular weight excluding hydrogens is 243 g/mol. The molecule has 2 heterocycles. The fourth-order valence-corrected chi connectivity index (χ4v) is 1.35. The van der Waals surface area contributed by atoms with Crippen LogP contribution in [0.4, 0.5) is 13.2 Å². The monoisotopic (exact) mass is 257 g/mol. The minimum atomic E-state index is -4.42. The number of hydrogen-bond donors (Lipinski definition) is 0. The average molecular weight is 257 g/mol. The van der Waals surface area contributed by atoms with Crippen molar-refractivity contribution in [2.24, 2.45) is 0 Å². The third kappa shape index (κ3) is 3.09. The lowest BCUT2D eigenvalue weighted by Crippen LogP contribution is -2.07. The third-order valence-corrected chi connectivity index (χ3v) is 2.07. The van der Waals surface area contributed by atoms with Crippen molar-refractivity contribution in [2.75, 3.05) is 0 Å². The van der Waals surface area contributed by atoms with Crippen molar-refractivity contribution in [3.8, 4) is 5.69 Å². The molecule has 0 atom stereocenters. The number of nitrogens with zero attached hydrogens (tertiary/aromatic N) is 3. The Bertz CT molecular complexity index is 489. The molecule has 0 spiro atoms. The standard InChI is InChI=1S/C10H8F3N3.C2H6/c1-7-5-9(10(11,12)13)15-16(7)8-3-2-4-14-6-8;1-2/h2-6H,1H3;1-2H3. The van der Waals surface area contributed by atoms with E-state index in [9.17, 15) is 13.2 Å². The van der Waals surface area contributed by atoms with Crippen molar-refractivity contribution in [1.82, 2.24) is 14.8 Å². The SMILES string of the molecule is CC.Cc1cc(C(F)(F)F)nn1-c1cccnc1. The second-order valence-corrected chi connectivity index (χ2v) is 3.29. The molecule has 0 radical (unpaired) electrons. The maximum absolute atomic E-state index is 12.4. The molecule has 0 saturated heterocycles. The summed E-state index contributed by atoms with van der Waals surface area (Å²) in [5.41, 5.74) is 0.0321. The van der Waals surface area contributed by atoms with E-state index >= 15 is 0 Å². The van der Waals surface area contributed by atoms with Crippen LogP contribution >= 0.6 is 0 Å². The van der Waals surface area contributed by atoms with Gasteiger partial charge in [-0.1, -0.05) is 13.8 Å². The summed E-state index contributed by atoms with van der Waals surface area (Å²) < 4.78 is 38.4. The normalized spacial score (nSPS) is 10.8. The molecule has 0 aromatic carbocycles. The highest BCUT2D eigenvalue weighted by Gasteiger charge is 2.34. The summed E-state index contributed by atoms with van der Waals surface area (Å²) in [6.45, 7) is 5.56. The van der Waals surface area contributed by atoms with E-state index in [0.29, 0.717) is 11.4 Å². The first-order chi connectivity index (χ1) is 8.48. The smallest absolute Gasteiger partial charge is 0.262 e. The first-order valence-electron chi connectivity index (χ1n) is 5.53. The molecule has 3 nitrogen and oxygen atoms in total. The number of halogens is 3. The Morgan fingerprint density at radius 1 is 1.22 bits per heavy atom. The van der Waals surface area contributed by atoms with Crippen molar-refractivity contribution in [3.63, 3.8) is 0 Å². The Morgan fingerprint density at radius 3 is 2.33 bits per heavy atom. The van der Waals surface area contributed by atoms with Crippen LogP contribution < -0.4 is 0 Å². The molecule has 0 aliphatic heterocycles. The van der Waals surface area contributed by atoms with Crippen LogP contribution in [0.1, 0.15) is 25.2 Å². The van der Waals surface area contributed by atoms with Gasteiger partial charge >= 0.3 is 6.18 Å². The Labute approximate surface area is 103 Å². The molecule has 18 heavy (non-hydrogen) atoms. The number of aromatic nitrogens is 3. The average Bonchev–Trinajstić information content (AvgIpc) is 2.75. The molecule has 0 saturated carbocycles. The molecule has 0 fully saturated rings. The van der Waals surface area contributed by atoms with E-state index in [0.717, 1.165) is 6.07 Å². The maximum Gasteiger partial charge on any atom is 0.435 e. The molecule has 0 aliphatic rings. The zero-order chi connectivity index (χ0) is 13.8. The second-order valence-electron chi connectivity index (χ2n) is 3.29. The predicted octanol–water partition coefficient (Wildman–Crippen LogP) is 3.62. The number of alkyl halides is 3. The van der Waals surface area contributed by atoms with E-state index in [4.69, 9.17) is 0 Å². The molecule has 2 aromatic rings. The quantitative estimate of drug-likeness (QED) is 0.781. The van der Waals surface area contributed by atoms with Gasteiger partial charge in [-0.05, 0) is 25.1 Å². The Morgan fingerprint density at radius 2 is 1.89 bits per heavy atom. The van der Waals surface area contributed by atoms with Crippen molar-refractivity contribution < 1.29 is 13.2 Å². The first-order valence-corrected chi connectivity index (χ1v) is 5.53. The topological polar surface area (TPSA) is 30.7 Å². The lowest BCUT2D eigenvalue weighted by atomic mass is 10.3. The van der Waals surface area contributed by atoms with Gasteiger partial charge < -0.3 is 0 Å². The molecule has 0 bridgehead atoms. The number of aryl methyl sites for hydroxylation is 1. The van der Waals surface area contributed by atoms with Crippen LogP contribution in [0.15, 0.2) is 30.6 Å². The van der Waals surface area contributed by atoms with Gasteiger partial charge in [-0.25, -0.2) is 4.68 Å². The molecule has 2 aromatic heterocycles. The maximum atomic E-state index is 12.4. The van der Waals surface area contributed by atoms with Gasteiger partial charge in [-0.15, -0.1) is 0 Å². The van der Waals surface area contributed by atoms with Gasteiger partial charge in [0, 0.05) is 11.9 Å². The highest BCUT2D eigenvalue weighted by molar-refractivity contribution is 5.30. The van der Waals surface area contributed by atoms with Gasteiger partial charge in [0.15, 0.2) is 5.69 Å². The number of rotatable bonds is 1. The molecule has 0 amide bonds. The summed E-state index contributed by atoms with van der Waals surface area (Å²) in [6, 6.07) is 4.30. The Kier molecular flexibility index (Phi) is 4.47. The second kappa shape index (κ2) is 5.66. The molecule has 0 unspecified atom stereocenters. The molecule has 98 valence electrons. The van der Waals surface area contributed by atoms with E-state index in [-0.39, 0.29) is 0 Å². The van der Waals surface area contributed by atoms with Crippen LogP contribution in [0.25, 0.3) is 5.69 Å². The van der Waals surface area contributed by atoms with E-state index in [1.165, 1.54) is 10.9 Å². The van der Waals surface area contributed by atoms with Gasteiger partial charge in [0.1, 0.15) is 0 Å². The van der Waals surface area contributed by atoms with Crippen molar-refractivity contribution in [3.05, 3.63) is 42.0 Å². The van der Waals surface area contributed by atoms with Crippen molar-refractivity contribution >= 4 is 0 Å². The van der Waals surface area contributed by atoms with Crippen molar-refractivity contribution in [1.29, 1.82) is 0 Å². The highest BCUT2D eigenvalue weighted by atomic mass is 19.4. The zero-order valence-corrected chi connectivity index (χ0v) is 10.4. The summed E-state index contributed by atoms with van der Waals surface area (Å²) in [5, 5.41) is 3.50. The zero-order valence-electron chi connectivity index (χ0n) is 10.4. The van der Waals surface area contributed by atoms with Gasteiger partial charge in [0.05, 0.1) is 11.9 Å². The van der Waals surface area contributed by atoms with E-state index in [2.05, 4.69) is 10.1 Å². The van der Waals surface area contributed by atoms with Crippen LogP contribution in [0.5, 0.6) is 0 Å². The van der Waals surface area contributed by atoms with Crippen LogP contribution in [-0.4, -0.2) is 14.8 Å². The van der Waals surface area contributed by atoms with Crippen LogP contribution in [0.2, 0.25) is 0 Å². The van der Waals surface area contributed by atoms with E-state index in [1.54, 1.807) is 25.3 Å². The van der Waals surface area contributed by atoms with E-state index in [1.807, 2.05) is 13.8 Å². The molecule has 2 rings (SSSR count). The number of pyridine rings is 1. The lowest BCUT2D eigenvalue weighted by Gasteiger charge is -2.03. The molecule has 6 heteroatoms. The largest absolute Gasteiger partial charge is 0.435 e. The molecule has 0 N–H and O–H groups in total. The third-order valence-electron chi connectivity index (χ3n) is 2.07. The van der Waals surface area contributed by atoms with Crippen LogP contribution in [-0.2, 0) is 6.18 Å². The van der Waals surface area contributed by atoms with Crippen molar-refractivity contribution in [2.45, 2.75) is 26.9 Å². The number of hydrogen-bond acceptors (Lipinski definition) is 2.